The van der Waals surface area contributed by atoms with Crippen LogP contribution in [-0.2, 0) is 11.4 Å². The van der Waals surface area contributed by atoms with Crippen molar-refractivity contribution in [2.45, 2.75) is 6.61 Å². The minimum Gasteiger partial charge on any atom is -0.493 e. The van der Waals surface area contributed by atoms with Gasteiger partial charge < -0.3 is 19.5 Å². The minimum atomic E-state index is -0.220. The van der Waals surface area contributed by atoms with Crippen LogP contribution in [0.15, 0.2) is 56.8 Å². The predicted molar refractivity (Wildman–Crippen MR) is 135 cm³/mol. The molecule has 33 heavy (non-hydrogen) atoms. The van der Waals surface area contributed by atoms with Crippen molar-refractivity contribution in [1.82, 2.24) is 9.80 Å². The second kappa shape index (κ2) is 11.2. The molecule has 0 unspecified atom stereocenters. The Balaban J connectivity index is 1.39. The number of hydrogen-bond donors (Lipinski definition) is 1. The molecular formula is C24H26BrN3O4S. The van der Waals surface area contributed by atoms with Crippen LogP contribution in [0.25, 0.3) is 6.08 Å². The lowest BCUT2D eigenvalue weighted by Gasteiger charge is -2.34. The number of aliphatic hydroxyl groups is 1. The van der Waals surface area contributed by atoms with E-state index in [1.807, 2.05) is 48.5 Å². The molecule has 174 valence electrons. The van der Waals surface area contributed by atoms with Crippen LogP contribution in [0.4, 0.5) is 0 Å². The average Bonchev–Trinajstić information content (AvgIpc) is 3.20. The number of amides is 1. The van der Waals surface area contributed by atoms with E-state index in [4.69, 9.17) is 14.6 Å². The Morgan fingerprint density at radius 1 is 1.12 bits per heavy atom. The normalized spacial score (nSPS) is 18.0. The van der Waals surface area contributed by atoms with Crippen molar-refractivity contribution in [3.05, 3.63) is 63.0 Å². The van der Waals surface area contributed by atoms with Gasteiger partial charge in [-0.25, -0.2) is 0 Å². The number of benzene rings is 2. The van der Waals surface area contributed by atoms with Crippen LogP contribution in [-0.4, -0.2) is 72.4 Å². The first kappa shape index (κ1) is 23.8. The molecule has 2 aromatic rings. The Kier molecular flexibility index (Phi) is 8.08. The summed E-state index contributed by atoms with van der Waals surface area (Å²) in [4.78, 5) is 21.7. The highest BCUT2D eigenvalue weighted by Gasteiger charge is 2.28. The van der Waals surface area contributed by atoms with Gasteiger partial charge in [-0.15, -0.1) is 0 Å². The van der Waals surface area contributed by atoms with Gasteiger partial charge in [0.25, 0.3) is 5.91 Å². The number of ether oxygens (including phenoxy) is 2. The van der Waals surface area contributed by atoms with Crippen LogP contribution in [0.1, 0.15) is 11.1 Å². The Morgan fingerprint density at radius 3 is 2.58 bits per heavy atom. The first-order valence-electron chi connectivity index (χ1n) is 10.7. The lowest BCUT2D eigenvalue weighted by Crippen LogP contribution is -2.48. The number of nitrogens with zero attached hydrogens (tertiary/aromatic N) is 3. The van der Waals surface area contributed by atoms with Gasteiger partial charge in [0.05, 0.1) is 18.6 Å². The lowest BCUT2D eigenvalue weighted by atomic mass is 10.2. The number of aliphatic imine (C=N–C) groups is 1. The Labute approximate surface area is 206 Å². The first-order valence-corrected chi connectivity index (χ1v) is 12.3. The molecule has 2 heterocycles. The standard InChI is InChI=1S/C24H26BrN3O4S/c1-31-21-14-18(4-7-20(21)32-16-17-2-5-19(25)6-3-17)15-22-23(30)26-24(33-22)28-10-8-27(9-11-28)12-13-29/h2-7,14-15,29H,8-13,16H2,1H3/b22-15+. The molecule has 0 saturated carbocycles. The third-order valence-corrected chi connectivity index (χ3v) is 7.03. The second-order valence-electron chi connectivity index (χ2n) is 7.69. The summed E-state index contributed by atoms with van der Waals surface area (Å²) in [5.41, 5.74) is 1.91. The summed E-state index contributed by atoms with van der Waals surface area (Å²) in [5, 5.41) is 9.84. The topological polar surface area (TPSA) is 74.6 Å². The number of thioether (sulfide) groups is 1. The molecule has 1 N–H and O–H groups in total. The van der Waals surface area contributed by atoms with Gasteiger partial charge in [-0.05, 0) is 53.2 Å². The number of carbonyl (C=O) groups excluding carboxylic acids is 1. The number of carbonyl (C=O) groups is 1. The molecule has 0 spiro atoms. The SMILES string of the molecule is COc1cc(/C=C2/SC(N3CCN(CCO)CC3)=NC2=O)ccc1OCc1ccc(Br)cc1. The van der Waals surface area contributed by atoms with E-state index in [9.17, 15) is 4.79 Å². The molecule has 2 aliphatic heterocycles. The second-order valence-corrected chi connectivity index (χ2v) is 9.61. The van der Waals surface area contributed by atoms with Crippen molar-refractivity contribution in [3.63, 3.8) is 0 Å². The van der Waals surface area contributed by atoms with E-state index in [0.717, 1.165) is 46.9 Å². The van der Waals surface area contributed by atoms with Crippen LogP contribution in [0.2, 0.25) is 0 Å². The van der Waals surface area contributed by atoms with E-state index in [1.165, 1.54) is 11.8 Å². The molecule has 0 atom stereocenters. The van der Waals surface area contributed by atoms with Crippen LogP contribution >= 0.6 is 27.7 Å². The first-order chi connectivity index (χ1) is 16.1. The van der Waals surface area contributed by atoms with Crippen molar-refractivity contribution in [3.8, 4) is 11.5 Å². The van der Waals surface area contributed by atoms with E-state index < -0.39 is 0 Å². The number of piperazine rings is 1. The van der Waals surface area contributed by atoms with E-state index >= 15 is 0 Å². The van der Waals surface area contributed by atoms with Gasteiger partial charge in [0.1, 0.15) is 6.61 Å². The summed E-state index contributed by atoms with van der Waals surface area (Å²) in [5.74, 6) is 1.03. The van der Waals surface area contributed by atoms with E-state index in [0.29, 0.717) is 29.6 Å². The van der Waals surface area contributed by atoms with E-state index in [1.54, 1.807) is 7.11 Å². The summed E-state index contributed by atoms with van der Waals surface area (Å²) in [7, 11) is 1.60. The van der Waals surface area contributed by atoms with E-state index in [2.05, 4.69) is 30.7 Å². The van der Waals surface area contributed by atoms with E-state index in [-0.39, 0.29) is 12.5 Å². The Bertz CT molecular complexity index is 1050. The van der Waals surface area contributed by atoms with Gasteiger partial charge in [-0.2, -0.15) is 4.99 Å². The summed E-state index contributed by atoms with van der Waals surface area (Å²) in [6.07, 6.45) is 1.84. The fraction of sp³-hybridized carbons (Fsp3) is 0.333. The van der Waals surface area contributed by atoms with Crippen LogP contribution in [0, 0.1) is 0 Å². The Morgan fingerprint density at radius 2 is 1.88 bits per heavy atom. The molecule has 1 saturated heterocycles. The number of rotatable bonds is 7. The zero-order valence-corrected chi connectivity index (χ0v) is 20.8. The average molecular weight is 532 g/mol. The third kappa shape index (κ3) is 6.17. The third-order valence-electron chi connectivity index (χ3n) is 5.46. The number of β-amino-alcohol motifs (C(OH)–C–C–N with tert-alkyl or cyclic N) is 1. The molecular weight excluding hydrogens is 506 g/mol. The molecule has 0 bridgehead atoms. The number of methoxy groups -OCH3 is 1. The van der Waals surface area contributed by atoms with Crippen molar-refractivity contribution in [2.75, 3.05) is 46.4 Å². The fourth-order valence-corrected chi connectivity index (χ4v) is 4.85. The van der Waals surface area contributed by atoms with Gasteiger partial charge in [0.2, 0.25) is 0 Å². The molecule has 2 aromatic carbocycles. The highest BCUT2D eigenvalue weighted by molar-refractivity contribution is 9.10. The molecule has 9 heteroatoms. The molecule has 4 rings (SSSR count). The molecule has 0 aromatic heterocycles. The molecule has 1 amide bonds. The lowest BCUT2D eigenvalue weighted by molar-refractivity contribution is -0.113. The summed E-state index contributed by atoms with van der Waals surface area (Å²) < 4.78 is 12.5. The summed E-state index contributed by atoms with van der Waals surface area (Å²) in [6, 6.07) is 13.6. The van der Waals surface area contributed by atoms with Crippen molar-refractivity contribution >= 4 is 44.8 Å². The van der Waals surface area contributed by atoms with Crippen LogP contribution in [0.5, 0.6) is 11.5 Å². The molecule has 0 aliphatic carbocycles. The number of halogens is 1. The van der Waals surface area contributed by atoms with Crippen LogP contribution in [0.3, 0.4) is 0 Å². The van der Waals surface area contributed by atoms with Gasteiger partial charge in [0.15, 0.2) is 16.7 Å². The molecule has 2 aliphatic rings. The number of aliphatic hydroxyl groups excluding tert-OH is 1. The van der Waals surface area contributed by atoms with Gasteiger partial charge in [0, 0.05) is 37.2 Å². The van der Waals surface area contributed by atoms with Gasteiger partial charge in [-0.3, -0.25) is 9.69 Å². The maximum Gasteiger partial charge on any atom is 0.286 e. The zero-order chi connectivity index (χ0) is 23.2. The van der Waals surface area contributed by atoms with Crippen molar-refractivity contribution in [1.29, 1.82) is 0 Å². The van der Waals surface area contributed by atoms with Gasteiger partial charge >= 0.3 is 0 Å². The zero-order valence-electron chi connectivity index (χ0n) is 18.4. The summed E-state index contributed by atoms with van der Waals surface area (Å²) >= 11 is 4.84. The van der Waals surface area contributed by atoms with Crippen molar-refractivity contribution < 1.29 is 19.4 Å². The predicted octanol–water partition coefficient (Wildman–Crippen LogP) is 3.62. The Hall–Kier alpha value is -2.33. The highest BCUT2D eigenvalue weighted by atomic mass is 79.9. The monoisotopic (exact) mass is 531 g/mol. The fourth-order valence-electron chi connectivity index (χ4n) is 3.62. The molecule has 7 nitrogen and oxygen atoms in total. The van der Waals surface area contributed by atoms with Crippen molar-refractivity contribution in [2.24, 2.45) is 4.99 Å². The quantitative estimate of drug-likeness (QED) is 0.547. The maximum absolute atomic E-state index is 12.5. The minimum absolute atomic E-state index is 0.165. The maximum atomic E-state index is 12.5. The van der Waals surface area contributed by atoms with Gasteiger partial charge in [-0.1, -0.05) is 34.1 Å². The molecule has 0 radical (unpaired) electrons. The summed E-state index contributed by atoms with van der Waals surface area (Å²) in [6.45, 7) is 4.58. The van der Waals surface area contributed by atoms with Crippen LogP contribution < -0.4 is 9.47 Å². The smallest absolute Gasteiger partial charge is 0.286 e. The number of hydrogen-bond acceptors (Lipinski definition) is 7. The number of amidine groups is 1. The largest absolute Gasteiger partial charge is 0.493 e. The molecule has 1 fully saturated rings. The highest BCUT2D eigenvalue weighted by Crippen LogP contribution is 2.34.